The van der Waals surface area contributed by atoms with Crippen LogP contribution in [0, 0.1) is 0 Å². The number of benzene rings is 1. The summed E-state index contributed by atoms with van der Waals surface area (Å²) >= 11 is 0. The van der Waals surface area contributed by atoms with Crippen LogP contribution in [0.25, 0.3) is 5.69 Å². The highest BCUT2D eigenvalue weighted by atomic mass is 19.4. The molecular formula is C16H14F3N5O2. The minimum absolute atomic E-state index is 0.0582. The molecule has 0 radical (unpaired) electrons. The number of aryl methyl sites for hydroxylation is 1. The second-order valence-electron chi connectivity index (χ2n) is 5.43. The summed E-state index contributed by atoms with van der Waals surface area (Å²) in [5.41, 5.74) is -0.296. The first-order valence-corrected chi connectivity index (χ1v) is 7.58. The van der Waals surface area contributed by atoms with Crippen LogP contribution < -0.4 is 0 Å². The topological polar surface area (TPSA) is 74.8 Å². The van der Waals surface area contributed by atoms with E-state index in [1.165, 1.54) is 29.1 Å². The molecule has 0 aliphatic rings. The van der Waals surface area contributed by atoms with Crippen molar-refractivity contribution in [3.05, 3.63) is 59.9 Å². The molecule has 10 heteroatoms. The number of esters is 1. The second kappa shape index (κ2) is 6.98. The number of hydrogen-bond acceptors (Lipinski definition) is 5. The zero-order valence-corrected chi connectivity index (χ0v) is 13.6. The molecule has 2 heterocycles. The van der Waals surface area contributed by atoms with Gasteiger partial charge in [-0.3, -0.25) is 0 Å². The first kappa shape index (κ1) is 17.6. The highest BCUT2D eigenvalue weighted by molar-refractivity contribution is 5.87. The average molecular weight is 365 g/mol. The van der Waals surface area contributed by atoms with Crippen LogP contribution in [0.2, 0.25) is 0 Å². The Balaban J connectivity index is 1.62. The van der Waals surface area contributed by atoms with E-state index in [0.29, 0.717) is 17.9 Å². The summed E-state index contributed by atoms with van der Waals surface area (Å²) in [5.74, 6) is 0.0471. The van der Waals surface area contributed by atoms with Crippen molar-refractivity contribution >= 4 is 5.97 Å². The number of alkyl halides is 3. The van der Waals surface area contributed by atoms with E-state index in [9.17, 15) is 18.0 Å². The van der Waals surface area contributed by atoms with Crippen LogP contribution in [0.3, 0.4) is 0 Å². The molecule has 0 bridgehead atoms. The molecule has 0 saturated heterocycles. The Kier molecular flexibility index (Phi) is 4.74. The quantitative estimate of drug-likeness (QED) is 0.649. The SMILES string of the molecule is Cn1cnnc1CCOC(=O)c1ccn(-c2ccc(C(F)(F)F)cc2)n1. The number of hydrogen-bond donors (Lipinski definition) is 0. The van der Waals surface area contributed by atoms with Gasteiger partial charge < -0.3 is 9.30 Å². The van der Waals surface area contributed by atoms with Gasteiger partial charge in [-0.15, -0.1) is 10.2 Å². The predicted octanol–water partition coefficient (Wildman–Crippen LogP) is 2.42. The van der Waals surface area contributed by atoms with E-state index in [2.05, 4.69) is 15.3 Å². The fourth-order valence-electron chi connectivity index (χ4n) is 2.22. The summed E-state index contributed by atoms with van der Waals surface area (Å²) in [6.45, 7) is 0.110. The molecule has 3 aromatic rings. The molecule has 0 aliphatic carbocycles. The van der Waals surface area contributed by atoms with Gasteiger partial charge in [0.05, 0.1) is 17.9 Å². The Morgan fingerprint density at radius 3 is 2.54 bits per heavy atom. The molecule has 1 aromatic carbocycles. The van der Waals surface area contributed by atoms with Gasteiger partial charge in [-0.1, -0.05) is 0 Å². The molecule has 0 atom stereocenters. The Morgan fingerprint density at radius 2 is 1.92 bits per heavy atom. The lowest BCUT2D eigenvalue weighted by Crippen LogP contribution is -2.11. The van der Waals surface area contributed by atoms with Crippen LogP contribution in [0.5, 0.6) is 0 Å². The summed E-state index contributed by atoms with van der Waals surface area (Å²) in [4.78, 5) is 12.0. The third-order valence-corrected chi connectivity index (χ3v) is 3.62. The van der Waals surface area contributed by atoms with Gasteiger partial charge in [0.2, 0.25) is 0 Å². The third-order valence-electron chi connectivity index (χ3n) is 3.62. The van der Waals surface area contributed by atoms with Crippen LogP contribution in [0.1, 0.15) is 21.9 Å². The number of nitrogens with zero attached hydrogens (tertiary/aromatic N) is 5. The van der Waals surface area contributed by atoms with Crippen molar-refractivity contribution in [1.82, 2.24) is 24.5 Å². The molecule has 0 amide bonds. The molecule has 0 unspecified atom stereocenters. The fourth-order valence-corrected chi connectivity index (χ4v) is 2.22. The van der Waals surface area contributed by atoms with Crippen molar-refractivity contribution in [2.24, 2.45) is 7.05 Å². The van der Waals surface area contributed by atoms with Crippen LogP contribution in [-0.4, -0.2) is 37.1 Å². The number of aromatic nitrogens is 5. The maximum Gasteiger partial charge on any atom is 0.416 e. The highest BCUT2D eigenvalue weighted by Crippen LogP contribution is 2.29. The number of rotatable bonds is 5. The number of ether oxygens (including phenoxy) is 1. The van der Waals surface area contributed by atoms with E-state index in [4.69, 9.17) is 4.74 Å². The van der Waals surface area contributed by atoms with E-state index >= 15 is 0 Å². The van der Waals surface area contributed by atoms with Gasteiger partial charge in [0.1, 0.15) is 12.2 Å². The van der Waals surface area contributed by atoms with Crippen LogP contribution in [0.4, 0.5) is 13.2 Å². The molecule has 0 aliphatic heterocycles. The van der Waals surface area contributed by atoms with Crippen molar-refractivity contribution in [3.8, 4) is 5.69 Å². The fraction of sp³-hybridized carbons (Fsp3) is 0.250. The molecule has 0 spiro atoms. The summed E-state index contributed by atoms with van der Waals surface area (Å²) in [6, 6.07) is 5.89. The summed E-state index contributed by atoms with van der Waals surface area (Å²) in [7, 11) is 1.78. The summed E-state index contributed by atoms with van der Waals surface area (Å²) in [5, 5.41) is 11.6. The van der Waals surface area contributed by atoms with Crippen molar-refractivity contribution in [2.45, 2.75) is 12.6 Å². The minimum atomic E-state index is -4.40. The molecule has 7 nitrogen and oxygen atoms in total. The molecule has 136 valence electrons. The van der Waals surface area contributed by atoms with Gasteiger partial charge in [-0.2, -0.15) is 18.3 Å². The molecule has 2 aromatic heterocycles. The molecule has 0 saturated carbocycles. The molecular weight excluding hydrogens is 351 g/mol. The zero-order chi connectivity index (χ0) is 18.7. The number of halogens is 3. The smallest absolute Gasteiger partial charge is 0.416 e. The normalized spacial score (nSPS) is 11.5. The van der Waals surface area contributed by atoms with E-state index in [-0.39, 0.29) is 12.3 Å². The summed E-state index contributed by atoms with van der Waals surface area (Å²) in [6.07, 6.45) is -0.979. The Morgan fingerprint density at radius 1 is 1.19 bits per heavy atom. The van der Waals surface area contributed by atoms with Gasteiger partial charge in [0.25, 0.3) is 0 Å². The zero-order valence-electron chi connectivity index (χ0n) is 13.6. The lowest BCUT2D eigenvalue weighted by Gasteiger charge is -2.07. The monoisotopic (exact) mass is 365 g/mol. The Bertz CT molecular complexity index is 899. The molecule has 3 rings (SSSR count). The van der Waals surface area contributed by atoms with E-state index < -0.39 is 17.7 Å². The highest BCUT2D eigenvalue weighted by Gasteiger charge is 2.30. The van der Waals surface area contributed by atoms with Gasteiger partial charge in [0, 0.05) is 19.7 Å². The van der Waals surface area contributed by atoms with Crippen molar-refractivity contribution < 1.29 is 22.7 Å². The van der Waals surface area contributed by atoms with Crippen molar-refractivity contribution in [1.29, 1.82) is 0 Å². The Labute approximate surface area is 146 Å². The second-order valence-corrected chi connectivity index (χ2v) is 5.43. The van der Waals surface area contributed by atoms with Crippen LogP contribution in [0.15, 0.2) is 42.9 Å². The van der Waals surface area contributed by atoms with E-state index in [1.54, 1.807) is 17.9 Å². The maximum atomic E-state index is 12.6. The van der Waals surface area contributed by atoms with Crippen LogP contribution in [-0.2, 0) is 24.4 Å². The van der Waals surface area contributed by atoms with Gasteiger partial charge >= 0.3 is 12.1 Å². The standard InChI is InChI=1S/C16H14F3N5O2/c1-23-10-20-21-14(23)7-9-26-15(25)13-6-8-24(22-13)12-4-2-11(3-5-12)16(17,18)19/h2-6,8,10H,7,9H2,1H3. The molecule has 26 heavy (non-hydrogen) atoms. The third kappa shape index (κ3) is 3.90. The van der Waals surface area contributed by atoms with E-state index in [1.807, 2.05) is 0 Å². The maximum absolute atomic E-state index is 12.6. The van der Waals surface area contributed by atoms with Crippen LogP contribution >= 0.6 is 0 Å². The number of carbonyl (C=O) groups is 1. The number of carbonyl (C=O) groups excluding carboxylic acids is 1. The first-order valence-electron chi connectivity index (χ1n) is 7.58. The van der Waals surface area contributed by atoms with Gasteiger partial charge in [0.15, 0.2) is 5.69 Å². The summed E-state index contributed by atoms with van der Waals surface area (Å²) < 4.78 is 45.9. The molecule has 0 fully saturated rings. The lowest BCUT2D eigenvalue weighted by atomic mass is 10.2. The first-order chi connectivity index (χ1) is 12.3. The minimum Gasteiger partial charge on any atom is -0.460 e. The van der Waals surface area contributed by atoms with Crippen molar-refractivity contribution in [2.75, 3.05) is 6.61 Å². The van der Waals surface area contributed by atoms with Gasteiger partial charge in [-0.05, 0) is 30.3 Å². The largest absolute Gasteiger partial charge is 0.460 e. The Hall–Kier alpha value is -3.17. The van der Waals surface area contributed by atoms with E-state index in [0.717, 1.165) is 12.1 Å². The van der Waals surface area contributed by atoms with Crippen molar-refractivity contribution in [3.63, 3.8) is 0 Å². The predicted molar refractivity (Wildman–Crippen MR) is 83.6 cm³/mol. The molecule has 0 N–H and O–H groups in total. The average Bonchev–Trinajstić information content (AvgIpc) is 3.24. The van der Waals surface area contributed by atoms with Gasteiger partial charge in [-0.25, -0.2) is 9.48 Å². The lowest BCUT2D eigenvalue weighted by molar-refractivity contribution is -0.137.